The summed E-state index contributed by atoms with van der Waals surface area (Å²) in [5.74, 6) is 0.131. The zero-order valence-electron chi connectivity index (χ0n) is 13.1. The maximum Gasteiger partial charge on any atom is 0.320 e. The summed E-state index contributed by atoms with van der Waals surface area (Å²) in [6.07, 6.45) is 6.27. The summed E-state index contributed by atoms with van der Waals surface area (Å²) >= 11 is 0. The van der Waals surface area contributed by atoms with Crippen molar-refractivity contribution in [1.82, 2.24) is 15.3 Å². The molecule has 0 amide bonds. The number of carboxylic acid groups (broad SMARTS) is 1. The molecular weight excluding hydrogens is 268 g/mol. The number of nitrogens with one attached hydrogen (secondary N) is 2. The van der Waals surface area contributed by atoms with Gasteiger partial charge in [0.15, 0.2) is 0 Å². The molecule has 0 spiro atoms. The number of aromatic nitrogens is 2. The molecule has 1 aromatic rings. The predicted octanol–water partition coefficient (Wildman–Crippen LogP) is 2.28. The zero-order chi connectivity index (χ0) is 15.7. The molecule has 0 aliphatic rings. The second kappa shape index (κ2) is 9.28. The lowest BCUT2D eigenvalue weighted by Crippen LogP contribution is -2.37. The molecule has 1 rings (SSSR count). The Morgan fingerprint density at radius 2 is 2.00 bits per heavy atom. The molecule has 0 saturated heterocycles. The molecule has 3 N–H and O–H groups in total. The van der Waals surface area contributed by atoms with E-state index < -0.39 is 12.0 Å². The lowest BCUT2D eigenvalue weighted by molar-refractivity contribution is -0.140. The number of anilines is 1. The fourth-order valence-electron chi connectivity index (χ4n) is 1.90. The first-order valence-corrected chi connectivity index (χ1v) is 7.54. The first-order chi connectivity index (χ1) is 10.0. The Hall–Kier alpha value is -1.69. The smallest absolute Gasteiger partial charge is 0.320 e. The van der Waals surface area contributed by atoms with Crippen LogP contribution in [-0.4, -0.2) is 33.6 Å². The molecule has 1 aromatic heterocycles. The molecule has 0 aromatic carbocycles. The number of hydrogen-bond acceptors (Lipinski definition) is 5. The van der Waals surface area contributed by atoms with Crippen LogP contribution < -0.4 is 10.6 Å². The van der Waals surface area contributed by atoms with Crippen LogP contribution in [0.4, 0.5) is 5.95 Å². The van der Waals surface area contributed by atoms with Gasteiger partial charge in [0, 0.05) is 31.0 Å². The Labute approximate surface area is 126 Å². The highest BCUT2D eigenvalue weighted by Gasteiger charge is 2.17. The minimum atomic E-state index is -0.817. The molecule has 1 heterocycles. The number of aliphatic carboxylic acids is 1. The summed E-state index contributed by atoms with van der Waals surface area (Å²) in [6.45, 7) is 7.48. The van der Waals surface area contributed by atoms with E-state index in [9.17, 15) is 4.79 Å². The fraction of sp³-hybridized carbons (Fsp3) is 0.667. The van der Waals surface area contributed by atoms with Crippen molar-refractivity contribution in [3.05, 3.63) is 18.0 Å². The van der Waals surface area contributed by atoms with Crippen molar-refractivity contribution >= 4 is 11.9 Å². The SMILES string of the molecule is CCCCNc1ncc(CNC(CC(C)C)C(=O)O)cn1. The molecule has 21 heavy (non-hydrogen) atoms. The van der Waals surface area contributed by atoms with Crippen LogP contribution in [0, 0.1) is 5.92 Å². The van der Waals surface area contributed by atoms with Gasteiger partial charge in [0.1, 0.15) is 6.04 Å². The van der Waals surface area contributed by atoms with Crippen molar-refractivity contribution in [3.8, 4) is 0 Å². The average molecular weight is 294 g/mol. The number of carbonyl (C=O) groups is 1. The van der Waals surface area contributed by atoms with E-state index in [0.717, 1.165) is 24.9 Å². The standard InChI is InChI=1S/C15H26N4O2/c1-4-5-6-16-15-18-9-12(10-19-15)8-17-13(14(20)21)7-11(2)3/h9-11,13,17H,4-8H2,1-3H3,(H,20,21)(H,16,18,19). The van der Waals surface area contributed by atoms with Gasteiger partial charge in [-0.25, -0.2) is 9.97 Å². The van der Waals surface area contributed by atoms with E-state index in [-0.39, 0.29) is 0 Å². The van der Waals surface area contributed by atoms with Crippen molar-refractivity contribution in [1.29, 1.82) is 0 Å². The van der Waals surface area contributed by atoms with Crippen LogP contribution in [0.3, 0.4) is 0 Å². The van der Waals surface area contributed by atoms with Gasteiger partial charge in [-0.1, -0.05) is 27.2 Å². The molecule has 6 nitrogen and oxygen atoms in total. The van der Waals surface area contributed by atoms with Gasteiger partial charge in [0.2, 0.25) is 5.95 Å². The second-order valence-corrected chi connectivity index (χ2v) is 5.60. The highest BCUT2D eigenvalue weighted by Crippen LogP contribution is 2.07. The average Bonchev–Trinajstić information content (AvgIpc) is 2.44. The van der Waals surface area contributed by atoms with Crippen LogP contribution in [0.25, 0.3) is 0 Å². The van der Waals surface area contributed by atoms with Crippen LogP contribution >= 0.6 is 0 Å². The largest absolute Gasteiger partial charge is 0.480 e. The van der Waals surface area contributed by atoms with Gasteiger partial charge in [-0.15, -0.1) is 0 Å². The molecule has 0 aliphatic heterocycles. The van der Waals surface area contributed by atoms with Crippen LogP contribution in [0.5, 0.6) is 0 Å². The first-order valence-electron chi connectivity index (χ1n) is 7.54. The third kappa shape index (κ3) is 7.04. The number of hydrogen-bond donors (Lipinski definition) is 3. The van der Waals surface area contributed by atoms with E-state index in [1.54, 1.807) is 12.4 Å². The van der Waals surface area contributed by atoms with Gasteiger partial charge in [-0.2, -0.15) is 0 Å². The third-order valence-electron chi connectivity index (χ3n) is 3.08. The van der Waals surface area contributed by atoms with Crippen molar-refractivity contribution < 1.29 is 9.90 Å². The molecule has 0 bridgehead atoms. The molecule has 0 radical (unpaired) electrons. The third-order valence-corrected chi connectivity index (χ3v) is 3.08. The highest BCUT2D eigenvalue weighted by molar-refractivity contribution is 5.73. The van der Waals surface area contributed by atoms with E-state index in [0.29, 0.717) is 24.8 Å². The Morgan fingerprint density at radius 3 is 2.52 bits per heavy atom. The molecule has 0 saturated carbocycles. The molecule has 118 valence electrons. The summed E-state index contributed by atoms with van der Waals surface area (Å²) < 4.78 is 0. The van der Waals surface area contributed by atoms with E-state index in [2.05, 4.69) is 27.5 Å². The van der Waals surface area contributed by atoms with Gasteiger partial charge in [0.05, 0.1) is 0 Å². The topological polar surface area (TPSA) is 87.1 Å². The Morgan fingerprint density at radius 1 is 1.33 bits per heavy atom. The molecule has 0 fully saturated rings. The molecule has 6 heteroatoms. The van der Waals surface area contributed by atoms with Crippen molar-refractivity contribution in [2.75, 3.05) is 11.9 Å². The monoisotopic (exact) mass is 294 g/mol. The van der Waals surface area contributed by atoms with Crippen LogP contribution in [0.2, 0.25) is 0 Å². The normalized spacial score (nSPS) is 12.4. The Bertz CT molecular complexity index is 420. The second-order valence-electron chi connectivity index (χ2n) is 5.60. The number of rotatable bonds is 10. The van der Waals surface area contributed by atoms with Gasteiger partial charge < -0.3 is 15.7 Å². The van der Waals surface area contributed by atoms with E-state index in [1.165, 1.54) is 0 Å². The summed E-state index contributed by atoms with van der Waals surface area (Å²) in [6, 6.07) is -0.535. The molecule has 1 atom stereocenters. The van der Waals surface area contributed by atoms with Crippen LogP contribution in [0.1, 0.15) is 45.6 Å². The Kier molecular flexibility index (Phi) is 7.68. The van der Waals surface area contributed by atoms with Crippen molar-refractivity contribution in [2.24, 2.45) is 5.92 Å². The van der Waals surface area contributed by atoms with E-state index >= 15 is 0 Å². The fourth-order valence-corrected chi connectivity index (χ4v) is 1.90. The summed E-state index contributed by atoms with van der Waals surface area (Å²) in [4.78, 5) is 19.6. The quantitative estimate of drug-likeness (QED) is 0.574. The lowest BCUT2D eigenvalue weighted by Gasteiger charge is -2.16. The lowest BCUT2D eigenvalue weighted by atomic mass is 10.0. The van der Waals surface area contributed by atoms with Gasteiger partial charge in [-0.3, -0.25) is 4.79 Å². The van der Waals surface area contributed by atoms with Gasteiger partial charge in [0.25, 0.3) is 0 Å². The minimum absolute atomic E-state index is 0.333. The van der Waals surface area contributed by atoms with Crippen LogP contribution in [-0.2, 0) is 11.3 Å². The minimum Gasteiger partial charge on any atom is -0.480 e. The summed E-state index contributed by atoms with van der Waals surface area (Å²) in [5.41, 5.74) is 0.881. The maximum absolute atomic E-state index is 11.2. The highest BCUT2D eigenvalue weighted by atomic mass is 16.4. The van der Waals surface area contributed by atoms with Gasteiger partial charge in [-0.05, 0) is 18.8 Å². The maximum atomic E-state index is 11.2. The van der Waals surface area contributed by atoms with Gasteiger partial charge >= 0.3 is 5.97 Å². The van der Waals surface area contributed by atoms with E-state index in [4.69, 9.17) is 5.11 Å². The summed E-state index contributed by atoms with van der Waals surface area (Å²) in [5, 5.41) is 15.3. The van der Waals surface area contributed by atoms with Crippen molar-refractivity contribution in [3.63, 3.8) is 0 Å². The number of nitrogens with zero attached hydrogens (tertiary/aromatic N) is 2. The summed E-state index contributed by atoms with van der Waals surface area (Å²) in [7, 11) is 0. The van der Waals surface area contributed by atoms with Crippen molar-refractivity contribution in [2.45, 2.75) is 52.6 Å². The zero-order valence-corrected chi connectivity index (χ0v) is 13.1. The molecular formula is C15H26N4O2. The molecule has 0 aliphatic carbocycles. The molecule has 1 unspecified atom stereocenters. The van der Waals surface area contributed by atoms with Crippen LogP contribution in [0.15, 0.2) is 12.4 Å². The number of unbranched alkanes of at least 4 members (excludes halogenated alkanes) is 1. The predicted molar refractivity (Wildman–Crippen MR) is 83.1 cm³/mol. The first kappa shape index (κ1) is 17.4. The number of carboxylic acids is 1. The Balaban J connectivity index is 2.45. The van der Waals surface area contributed by atoms with E-state index in [1.807, 2.05) is 13.8 Å².